The molecule has 0 radical (unpaired) electrons. The molecule has 2 amide bonds. The van der Waals surface area contributed by atoms with Gasteiger partial charge in [-0.25, -0.2) is 4.79 Å². The van der Waals surface area contributed by atoms with Gasteiger partial charge in [0.2, 0.25) is 5.91 Å². The number of halogens is 1. The van der Waals surface area contributed by atoms with Crippen LogP contribution in [0.15, 0.2) is 59.1 Å². The third-order valence-electron chi connectivity index (χ3n) is 5.93. The van der Waals surface area contributed by atoms with Gasteiger partial charge in [0.25, 0.3) is 0 Å². The molecule has 164 valence electrons. The standard InChI is InChI=1S/C24H27BrN2O4/c25-21-8-6-19(7-9-21)22-16-27(14-15-30-22)23(28)20-10-12-26(13-11-20)24(29)31-17-18-4-2-1-3-5-18/h1-9,20,22H,10-17H2. The van der Waals surface area contributed by atoms with Crippen LogP contribution >= 0.6 is 15.9 Å². The number of amides is 2. The fraction of sp³-hybridized carbons (Fsp3) is 0.417. The predicted octanol–water partition coefficient (Wildman–Crippen LogP) is 4.40. The Kier molecular flexibility index (Phi) is 7.25. The lowest BCUT2D eigenvalue weighted by Crippen LogP contribution is -2.48. The lowest BCUT2D eigenvalue weighted by molar-refractivity contribution is -0.144. The molecule has 2 saturated heterocycles. The third-order valence-corrected chi connectivity index (χ3v) is 6.46. The van der Waals surface area contributed by atoms with Crippen LogP contribution in [0.2, 0.25) is 0 Å². The van der Waals surface area contributed by atoms with Gasteiger partial charge >= 0.3 is 6.09 Å². The normalized spacial score (nSPS) is 19.8. The summed E-state index contributed by atoms with van der Waals surface area (Å²) < 4.78 is 12.3. The molecule has 0 N–H and O–H groups in total. The van der Waals surface area contributed by atoms with Gasteiger partial charge in [-0.2, -0.15) is 0 Å². The number of benzene rings is 2. The summed E-state index contributed by atoms with van der Waals surface area (Å²) in [6.45, 7) is 3.08. The highest BCUT2D eigenvalue weighted by Crippen LogP contribution is 2.27. The van der Waals surface area contributed by atoms with Crippen LogP contribution < -0.4 is 0 Å². The summed E-state index contributed by atoms with van der Waals surface area (Å²) in [5, 5.41) is 0. The van der Waals surface area contributed by atoms with E-state index < -0.39 is 0 Å². The van der Waals surface area contributed by atoms with Gasteiger partial charge in [0, 0.05) is 30.0 Å². The summed E-state index contributed by atoms with van der Waals surface area (Å²) in [5.41, 5.74) is 2.05. The molecule has 31 heavy (non-hydrogen) atoms. The Hall–Kier alpha value is -2.38. The van der Waals surface area contributed by atoms with Gasteiger partial charge in [0.1, 0.15) is 12.7 Å². The predicted molar refractivity (Wildman–Crippen MR) is 120 cm³/mol. The molecule has 2 aromatic rings. The summed E-state index contributed by atoms with van der Waals surface area (Å²) in [5.74, 6) is 0.115. The third kappa shape index (κ3) is 5.66. The van der Waals surface area contributed by atoms with Crippen LogP contribution in [0.1, 0.15) is 30.1 Å². The van der Waals surface area contributed by atoms with Gasteiger partial charge in [-0.05, 0) is 36.1 Å². The molecule has 2 aromatic carbocycles. The quantitative estimate of drug-likeness (QED) is 0.642. The fourth-order valence-corrected chi connectivity index (χ4v) is 4.37. The highest BCUT2D eigenvalue weighted by atomic mass is 79.9. The second-order valence-corrected chi connectivity index (χ2v) is 8.91. The number of piperidine rings is 1. The van der Waals surface area contributed by atoms with Crippen molar-refractivity contribution in [2.24, 2.45) is 5.92 Å². The second-order valence-electron chi connectivity index (χ2n) is 8.00. The first-order valence-corrected chi connectivity index (χ1v) is 11.5. The Balaban J connectivity index is 1.25. The van der Waals surface area contributed by atoms with Crippen LogP contribution in [-0.4, -0.2) is 54.6 Å². The molecule has 6 nitrogen and oxygen atoms in total. The molecule has 0 bridgehead atoms. The summed E-state index contributed by atoms with van der Waals surface area (Å²) >= 11 is 3.45. The molecule has 0 aromatic heterocycles. The molecule has 1 atom stereocenters. The Morgan fingerprint density at radius 2 is 1.68 bits per heavy atom. The van der Waals surface area contributed by atoms with E-state index in [0.717, 1.165) is 15.6 Å². The summed E-state index contributed by atoms with van der Waals surface area (Å²) in [7, 11) is 0. The first-order valence-electron chi connectivity index (χ1n) is 10.7. The molecular weight excluding hydrogens is 460 g/mol. The zero-order valence-electron chi connectivity index (χ0n) is 17.4. The minimum atomic E-state index is -0.309. The van der Waals surface area contributed by atoms with E-state index in [1.54, 1.807) is 4.90 Å². The molecule has 4 rings (SSSR count). The number of morpholine rings is 1. The van der Waals surface area contributed by atoms with Crippen LogP contribution in [0.25, 0.3) is 0 Å². The van der Waals surface area contributed by atoms with Crippen molar-refractivity contribution in [1.82, 2.24) is 9.80 Å². The lowest BCUT2D eigenvalue weighted by Gasteiger charge is -2.37. The highest BCUT2D eigenvalue weighted by molar-refractivity contribution is 9.10. The Labute approximate surface area is 191 Å². The van der Waals surface area contributed by atoms with E-state index in [-0.39, 0.29) is 30.6 Å². The van der Waals surface area contributed by atoms with Crippen molar-refractivity contribution in [1.29, 1.82) is 0 Å². The number of likely N-dealkylation sites (tertiary alicyclic amines) is 1. The Bertz CT molecular complexity index is 882. The average molecular weight is 487 g/mol. The van der Waals surface area contributed by atoms with E-state index in [1.807, 2.05) is 59.5 Å². The van der Waals surface area contributed by atoms with Crippen molar-refractivity contribution in [2.45, 2.75) is 25.6 Å². The largest absolute Gasteiger partial charge is 0.445 e. The minimum Gasteiger partial charge on any atom is -0.445 e. The van der Waals surface area contributed by atoms with E-state index >= 15 is 0 Å². The van der Waals surface area contributed by atoms with E-state index in [0.29, 0.717) is 45.6 Å². The van der Waals surface area contributed by atoms with Crippen LogP contribution in [0, 0.1) is 5.92 Å². The lowest BCUT2D eigenvalue weighted by atomic mass is 9.95. The van der Waals surface area contributed by atoms with Crippen molar-refractivity contribution < 1.29 is 19.1 Å². The maximum absolute atomic E-state index is 13.1. The number of carbonyl (C=O) groups is 2. The topological polar surface area (TPSA) is 59.1 Å². The van der Waals surface area contributed by atoms with Crippen molar-refractivity contribution in [3.63, 3.8) is 0 Å². The molecule has 2 fully saturated rings. The van der Waals surface area contributed by atoms with Crippen LogP contribution in [0.4, 0.5) is 4.79 Å². The smallest absolute Gasteiger partial charge is 0.410 e. The number of hydrogen-bond donors (Lipinski definition) is 0. The number of ether oxygens (including phenoxy) is 2. The van der Waals surface area contributed by atoms with Gasteiger partial charge < -0.3 is 19.3 Å². The second kappa shape index (κ2) is 10.3. The summed E-state index contributed by atoms with van der Waals surface area (Å²) in [4.78, 5) is 29.1. The van der Waals surface area contributed by atoms with Crippen molar-refractivity contribution in [3.05, 3.63) is 70.2 Å². The Morgan fingerprint density at radius 3 is 2.39 bits per heavy atom. The van der Waals surface area contributed by atoms with Gasteiger partial charge in [-0.1, -0.05) is 58.4 Å². The number of carbonyl (C=O) groups excluding carboxylic acids is 2. The molecule has 2 heterocycles. The fourth-order valence-electron chi connectivity index (χ4n) is 4.11. The molecule has 0 aliphatic carbocycles. The SMILES string of the molecule is O=C(OCc1ccccc1)N1CCC(C(=O)N2CCOC(c3ccc(Br)cc3)C2)CC1. The van der Waals surface area contributed by atoms with Gasteiger partial charge in [0.15, 0.2) is 0 Å². The first kappa shape index (κ1) is 21.8. The van der Waals surface area contributed by atoms with Crippen molar-refractivity contribution >= 4 is 27.9 Å². The van der Waals surface area contributed by atoms with E-state index in [2.05, 4.69) is 15.9 Å². The molecular formula is C24H27BrN2O4. The number of nitrogens with zero attached hydrogens (tertiary/aromatic N) is 2. The maximum Gasteiger partial charge on any atom is 0.410 e. The van der Waals surface area contributed by atoms with Crippen LogP contribution in [0.3, 0.4) is 0 Å². The van der Waals surface area contributed by atoms with Crippen LogP contribution in [0.5, 0.6) is 0 Å². The van der Waals surface area contributed by atoms with E-state index in [4.69, 9.17) is 9.47 Å². The molecule has 2 aliphatic heterocycles. The molecule has 1 unspecified atom stereocenters. The molecule has 0 spiro atoms. The molecule has 0 saturated carbocycles. The van der Waals surface area contributed by atoms with E-state index in [1.165, 1.54) is 0 Å². The molecule has 7 heteroatoms. The van der Waals surface area contributed by atoms with Gasteiger partial charge in [-0.3, -0.25) is 4.79 Å². The zero-order chi connectivity index (χ0) is 21.6. The van der Waals surface area contributed by atoms with Crippen molar-refractivity contribution in [3.8, 4) is 0 Å². The Morgan fingerprint density at radius 1 is 0.968 bits per heavy atom. The number of hydrogen-bond acceptors (Lipinski definition) is 4. The highest BCUT2D eigenvalue weighted by Gasteiger charge is 2.33. The van der Waals surface area contributed by atoms with Crippen LogP contribution in [-0.2, 0) is 20.9 Å². The molecule has 2 aliphatic rings. The van der Waals surface area contributed by atoms with Gasteiger partial charge in [0.05, 0.1) is 13.2 Å². The summed E-state index contributed by atoms with van der Waals surface area (Å²) in [6, 6.07) is 17.7. The van der Waals surface area contributed by atoms with E-state index in [9.17, 15) is 9.59 Å². The monoisotopic (exact) mass is 486 g/mol. The van der Waals surface area contributed by atoms with Crippen molar-refractivity contribution in [2.75, 3.05) is 32.8 Å². The van der Waals surface area contributed by atoms with Gasteiger partial charge in [-0.15, -0.1) is 0 Å². The first-order chi connectivity index (χ1) is 15.1. The number of rotatable bonds is 4. The summed E-state index contributed by atoms with van der Waals surface area (Å²) in [6.07, 6.45) is 0.925. The minimum absolute atomic E-state index is 0.0539. The zero-order valence-corrected chi connectivity index (χ0v) is 19.0. The maximum atomic E-state index is 13.1. The average Bonchev–Trinajstić information content (AvgIpc) is 2.83.